The van der Waals surface area contributed by atoms with E-state index in [-0.39, 0.29) is 0 Å². The Morgan fingerprint density at radius 3 is 2.67 bits per heavy atom. The quantitative estimate of drug-likeness (QED) is 0.428. The molecule has 0 aliphatic heterocycles. The molecule has 0 N–H and O–H groups in total. The van der Waals surface area contributed by atoms with Crippen LogP contribution in [-0.2, 0) is 14.2 Å². The van der Waals surface area contributed by atoms with E-state index in [9.17, 15) is 0 Å². The number of methoxy groups -OCH3 is 1. The summed E-state index contributed by atoms with van der Waals surface area (Å²) in [6.07, 6.45) is 2.07. The third-order valence-corrected chi connectivity index (χ3v) is 2.91. The highest BCUT2D eigenvalue weighted by molar-refractivity contribution is 8.15. The van der Waals surface area contributed by atoms with Gasteiger partial charge in [-0.2, -0.15) is 11.8 Å². The molecule has 0 rings (SSSR count). The van der Waals surface area contributed by atoms with E-state index in [4.69, 9.17) is 14.2 Å². The minimum Gasteiger partial charge on any atom is -0.382 e. The Balaban J connectivity index is 2.73. The molecule has 0 aromatic rings. The minimum absolute atomic E-state index is 0.366. The molecule has 0 saturated carbocycles. The predicted molar refractivity (Wildman–Crippen MR) is 54.6 cm³/mol. The molecule has 0 saturated heterocycles. The molecule has 0 radical (unpaired) electrons. The molecule has 0 aromatic heterocycles. The largest absolute Gasteiger partial charge is 0.382 e. The summed E-state index contributed by atoms with van der Waals surface area (Å²) in [6.45, 7) is 1.59. The Labute approximate surface area is 82.5 Å². The molecule has 3 nitrogen and oxygen atoms in total. The number of rotatable bonds is 9. The summed E-state index contributed by atoms with van der Waals surface area (Å²) in [5, 5.41) is 1.07. The summed E-state index contributed by atoms with van der Waals surface area (Å²) in [5.74, 6) is 0.702. The second-order valence-corrected chi connectivity index (χ2v) is 4.12. The molecular formula is C7H16O3S2. The second-order valence-electron chi connectivity index (χ2n) is 1.95. The van der Waals surface area contributed by atoms with E-state index in [2.05, 4.69) is 6.26 Å². The van der Waals surface area contributed by atoms with Crippen molar-refractivity contribution < 1.29 is 14.2 Å². The number of hydrogen-bond acceptors (Lipinski definition) is 5. The van der Waals surface area contributed by atoms with Gasteiger partial charge in [-0.1, -0.05) is 0 Å². The highest BCUT2D eigenvalue weighted by atomic mass is 32.2. The predicted octanol–water partition coefficient (Wildman–Crippen LogP) is 1.63. The summed E-state index contributed by atoms with van der Waals surface area (Å²) >= 11 is 3.54. The molecule has 0 amide bonds. The van der Waals surface area contributed by atoms with Crippen LogP contribution in [0.1, 0.15) is 0 Å². The lowest BCUT2D eigenvalue weighted by atomic mass is 10.8. The van der Waals surface area contributed by atoms with Crippen molar-refractivity contribution in [3.63, 3.8) is 0 Å². The highest BCUT2D eigenvalue weighted by Crippen LogP contribution is 2.07. The fraction of sp³-hybridized carbons (Fsp3) is 1.00. The van der Waals surface area contributed by atoms with Crippen LogP contribution in [0.5, 0.6) is 0 Å². The van der Waals surface area contributed by atoms with Gasteiger partial charge in [0.2, 0.25) is 0 Å². The molecule has 0 aliphatic carbocycles. The van der Waals surface area contributed by atoms with Gasteiger partial charge in [-0.3, -0.25) is 0 Å². The van der Waals surface area contributed by atoms with Crippen molar-refractivity contribution in [2.24, 2.45) is 0 Å². The van der Waals surface area contributed by atoms with Gasteiger partial charge in [-0.15, -0.1) is 11.8 Å². The first kappa shape index (κ1) is 12.6. The monoisotopic (exact) mass is 212 g/mol. The molecule has 0 spiro atoms. The lowest BCUT2D eigenvalue weighted by Gasteiger charge is -2.04. The lowest BCUT2D eigenvalue weighted by Crippen LogP contribution is -2.05. The fourth-order valence-electron chi connectivity index (χ4n) is 0.470. The van der Waals surface area contributed by atoms with E-state index in [1.165, 1.54) is 0 Å². The van der Waals surface area contributed by atoms with Crippen molar-refractivity contribution in [3.8, 4) is 0 Å². The van der Waals surface area contributed by atoms with Crippen LogP contribution in [0.25, 0.3) is 0 Å². The summed E-state index contributed by atoms with van der Waals surface area (Å²) in [6, 6.07) is 0. The lowest BCUT2D eigenvalue weighted by molar-refractivity contribution is -0.0506. The van der Waals surface area contributed by atoms with E-state index in [1.807, 2.05) is 0 Å². The molecule has 12 heavy (non-hydrogen) atoms. The van der Waals surface area contributed by atoms with Crippen LogP contribution in [-0.4, -0.2) is 44.4 Å². The van der Waals surface area contributed by atoms with E-state index >= 15 is 0 Å². The Morgan fingerprint density at radius 1 is 1.17 bits per heavy atom. The van der Waals surface area contributed by atoms with Crippen molar-refractivity contribution >= 4 is 23.5 Å². The molecule has 0 heterocycles. The Hall–Kier alpha value is 0.580. The topological polar surface area (TPSA) is 27.7 Å². The maximum Gasteiger partial charge on any atom is 0.147 e. The van der Waals surface area contributed by atoms with Gasteiger partial charge < -0.3 is 14.2 Å². The smallest absolute Gasteiger partial charge is 0.147 e. The Morgan fingerprint density at radius 2 is 2.00 bits per heavy atom. The van der Waals surface area contributed by atoms with Crippen molar-refractivity contribution in [2.45, 2.75) is 0 Å². The molecule has 0 aliphatic rings. The molecule has 0 unspecified atom stereocenters. The van der Waals surface area contributed by atoms with Gasteiger partial charge in [0, 0.05) is 12.2 Å². The summed E-state index contributed by atoms with van der Waals surface area (Å²) in [4.78, 5) is 0. The maximum atomic E-state index is 5.15. The van der Waals surface area contributed by atoms with E-state index in [0.717, 1.165) is 5.08 Å². The molecule has 0 atom stereocenters. The summed E-state index contributed by atoms with van der Waals surface area (Å²) in [7, 11) is 1.65. The number of hydrogen-bond donors (Lipinski definition) is 0. The van der Waals surface area contributed by atoms with Crippen LogP contribution in [0.2, 0.25) is 0 Å². The zero-order chi connectivity index (χ0) is 9.07. The molecule has 5 heteroatoms. The highest BCUT2D eigenvalue weighted by Gasteiger charge is 1.88. The van der Waals surface area contributed by atoms with E-state index < -0.39 is 0 Å². The number of thioether (sulfide) groups is 2. The third kappa shape index (κ3) is 10.6. The molecule has 0 bridgehead atoms. The number of ether oxygens (including phenoxy) is 3. The SMILES string of the molecule is COCCOCOCSCSC. The first-order valence-electron chi connectivity index (χ1n) is 3.63. The van der Waals surface area contributed by atoms with E-state index in [1.54, 1.807) is 30.6 Å². The average molecular weight is 212 g/mol. The maximum absolute atomic E-state index is 5.15. The van der Waals surface area contributed by atoms with Gasteiger partial charge in [-0.05, 0) is 6.26 Å². The Bertz CT molecular complexity index is 73.1. The van der Waals surface area contributed by atoms with Crippen LogP contribution in [0, 0.1) is 0 Å². The Kier molecular flexibility index (Phi) is 12.1. The van der Waals surface area contributed by atoms with Crippen molar-refractivity contribution in [3.05, 3.63) is 0 Å². The normalized spacial score (nSPS) is 10.5. The van der Waals surface area contributed by atoms with Crippen LogP contribution in [0.4, 0.5) is 0 Å². The molecular weight excluding hydrogens is 196 g/mol. The van der Waals surface area contributed by atoms with Crippen molar-refractivity contribution in [2.75, 3.05) is 44.4 Å². The molecule has 0 fully saturated rings. The van der Waals surface area contributed by atoms with Crippen LogP contribution >= 0.6 is 23.5 Å². The summed E-state index contributed by atoms with van der Waals surface area (Å²) in [5.41, 5.74) is 0. The second kappa shape index (κ2) is 11.6. The standard InChI is InChI=1S/C7H16O3S2/c1-8-3-4-9-5-10-6-12-7-11-2/h3-7H2,1-2H3. The minimum atomic E-state index is 0.366. The summed E-state index contributed by atoms with van der Waals surface area (Å²) < 4.78 is 15.0. The average Bonchev–Trinajstić information content (AvgIpc) is 2.10. The van der Waals surface area contributed by atoms with Gasteiger partial charge >= 0.3 is 0 Å². The van der Waals surface area contributed by atoms with Gasteiger partial charge in [0.15, 0.2) is 0 Å². The van der Waals surface area contributed by atoms with Gasteiger partial charge in [-0.25, -0.2) is 0 Å². The van der Waals surface area contributed by atoms with Crippen molar-refractivity contribution in [1.82, 2.24) is 0 Å². The first-order valence-corrected chi connectivity index (χ1v) is 6.17. The zero-order valence-electron chi connectivity index (χ0n) is 7.58. The van der Waals surface area contributed by atoms with Crippen LogP contribution in [0.3, 0.4) is 0 Å². The van der Waals surface area contributed by atoms with Gasteiger partial charge in [0.05, 0.1) is 19.2 Å². The fourth-order valence-corrected chi connectivity index (χ4v) is 1.60. The van der Waals surface area contributed by atoms with Crippen molar-refractivity contribution in [1.29, 1.82) is 0 Å². The third-order valence-electron chi connectivity index (χ3n) is 0.966. The van der Waals surface area contributed by atoms with Crippen LogP contribution in [0.15, 0.2) is 0 Å². The van der Waals surface area contributed by atoms with Gasteiger partial charge in [0.25, 0.3) is 0 Å². The molecule has 0 aromatic carbocycles. The first-order chi connectivity index (χ1) is 5.91. The zero-order valence-corrected chi connectivity index (χ0v) is 9.21. The van der Waals surface area contributed by atoms with E-state index in [0.29, 0.717) is 25.9 Å². The van der Waals surface area contributed by atoms with Crippen LogP contribution < -0.4 is 0 Å². The molecule has 74 valence electrons. The van der Waals surface area contributed by atoms with Gasteiger partial charge in [0.1, 0.15) is 6.79 Å².